The van der Waals surface area contributed by atoms with Crippen molar-refractivity contribution in [1.82, 2.24) is 0 Å². The van der Waals surface area contributed by atoms with E-state index < -0.39 is 6.03 Å². The highest BCUT2D eigenvalue weighted by Gasteiger charge is 2.23. The van der Waals surface area contributed by atoms with E-state index in [1.54, 1.807) is 19.2 Å². The molecular formula is C11H13N3O2S. The number of urea groups is 1. The molecule has 1 atom stereocenters. The minimum Gasteiger partial charge on any atom is -0.351 e. The summed E-state index contributed by atoms with van der Waals surface area (Å²) in [6, 6.07) is 4.90. The zero-order valence-electron chi connectivity index (χ0n) is 9.56. The number of nitrogens with one attached hydrogen (secondary N) is 1. The second-order valence-corrected chi connectivity index (χ2v) is 5.21. The number of nitrogens with zero attached hydrogens (tertiary/aromatic N) is 1. The van der Waals surface area contributed by atoms with Crippen LogP contribution in [0, 0.1) is 0 Å². The summed E-state index contributed by atoms with van der Waals surface area (Å²) in [6.45, 7) is 1.85. The van der Waals surface area contributed by atoms with Crippen molar-refractivity contribution in [3.63, 3.8) is 0 Å². The van der Waals surface area contributed by atoms with Crippen molar-refractivity contribution >= 4 is 35.1 Å². The van der Waals surface area contributed by atoms with Gasteiger partial charge in [0.15, 0.2) is 0 Å². The molecule has 3 amide bonds. The van der Waals surface area contributed by atoms with E-state index in [0.29, 0.717) is 5.69 Å². The quantitative estimate of drug-likeness (QED) is 0.796. The first-order valence-electron chi connectivity index (χ1n) is 5.14. The number of nitrogens with two attached hydrogens (primary N) is 1. The van der Waals surface area contributed by atoms with E-state index in [1.165, 1.54) is 16.7 Å². The van der Waals surface area contributed by atoms with Gasteiger partial charge in [0.05, 0.1) is 10.9 Å². The molecule has 6 heteroatoms. The van der Waals surface area contributed by atoms with E-state index in [1.807, 2.05) is 13.0 Å². The van der Waals surface area contributed by atoms with Crippen LogP contribution < -0.4 is 16.0 Å². The monoisotopic (exact) mass is 251 g/mol. The van der Waals surface area contributed by atoms with Crippen molar-refractivity contribution in [2.45, 2.75) is 17.1 Å². The summed E-state index contributed by atoms with van der Waals surface area (Å²) in [5.74, 6) is -0.0265. The lowest BCUT2D eigenvalue weighted by molar-refractivity contribution is -0.115. The summed E-state index contributed by atoms with van der Waals surface area (Å²) in [4.78, 5) is 24.9. The number of primary amides is 1. The number of thioether (sulfide) groups is 1. The van der Waals surface area contributed by atoms with Gasteiger partial charge in [0.1, 0.15) is 0 Å². The Bertz CT molecular complexity index is 490. The molecule has 0 spiro atoms. The lowest BCUT2D eigenvalue weighted by Crippen LogP contribution is -2.32. The number of anilines is 2. The van der Waals surface area contributed by atoms with Crippen LogP contribution in [0.2, 0.25) is 0 Å². The fourth-order valence-corrected chi connectivity index (χ4v) is 2.46. The number of carbonyl (C=O) groups excluding carboxylic acids is 2. The van der Waals surface area contributed by atoms with Crippen molar-refractivity contribution in [1.29, 1.82) is 0 Å². The molecule has 1 heterocycles. The highest BCUT2D eigenvalue weighted by atomic mass is 32.2. The molecule has 17 heavy (non-hydrogen) atoms. The number of benzene rings is 1. The van der Waals surface area contributed by atoms with Crippen LogP contribution in [0.5, 0.6) is 0 Å². The highest BCUT2D eigenvalue weighted by Crippen LogP contribution is 2.37. The van der Waals surface area contributed by atoms with Crippen molar-refractivity contribution < 1.29 is 9.59 Å². The third-order valence-electron chi connectivity index (χ3n) is 2.61. The van der Waals surface area contributed by atoms with Gasteiger partial charge < -0.3 is 11.1 Å². The summed E-state index contributed by atoms with van der Waals surface area (Å²) in [5, 5.41) is 2.71. The van der Waals surface area contributed by atoms with Gasteiger partial charge in [0, 0.05) is 17.6 Å². The Morgan fingerprint density at radius 2 is 2.24 bits per heavy atom. The fraction of sp³-hybridized carbons (Fsp3) is 0.273. The molecule has 1 unspecified atom stereocenters. The van der Waals surface area contributed by atoms with Gasteiger partial charge in [-0.15, -0.1) is 11.8 Å². The van der Waals surface area contributed by atoms with Crippen LogP contribution in [-0.4, -0.2) is 24.2 Å². The molecule has 0 aliphatic carbocycles. The highest BCUT2D eigenvalue weighted by molar-refractivity contribution is 8.00. The summed E-state index contributed by atoms with van der Waals surface area (Å²) >= 11 is 1.50. The SMILES string of the molecule is CC1Sc2ccc(N(C)C(N)=O)cc2NC1=O. The zero-order valence-corrected chi connectivity index (χ0v) is 10.4. The molecule has 0 aromatic heterocycles. The molecule has 5 nitrogen and oxygen atoms in total. The first kappa shape index (κ1) is 11.8. The number of fused-ring (bicyclic) bond motifs is 1. The van der Waals surface area contributed by atoms with Gasteiger partial charge >= 0.3 is 6.03 Å². The van der Waals surface area contributed by atoms with Crippen LogP contribution in [0.25, 0.3) is 0 Å². The van der Waals surface area contributed by atoms with E-state index in [9.17, 15) is 9.59 Å². The predicted octanol–water partition coefficient (Wildman–Crippen LogP) is 1.63. The average molecular weight is 251 g/mol. The smallest absolute Gasteiger partial charge is 0.318 e. The Balaban J connectivity index is 2.35. The molecule has 0 radical (unpaired) electrons. The molecule has 1 aliphatic heterocycles. The lowest BCUT2D eigenvalue weighted by atomic mass is 10.2. The molecule has 1 aromatic rings. The summed E-state index contributed by atoms with van der Waals surface area (Å²) < 4.78 is 0. The largest absolute Gasteiger partial charge is 0.351 e. The Morgan fingerprint density at radius 3 is 2.88 bits per heavy atom. The number of hydrogen-bond acceptors (Lipinski definition) is 3. The molecular weight excluding hydrogens is 238 g/mol. The van der Waals surface area contributed by atoms with E-state index >= 15 is 0 Å². The molecule has 90 valence electrons. The maximum absolute atomic E-state index is 11.5. The van der Waals surface area contributed by atoms with Gasteiger partial charge in [0.25, 0.3) is 0 Å². The first-order valence-corrected chi connectivity index (χ1v) is 6.01. The Hall–Kier alpha value is -1.69. The third kappa shape index (κ3) is 2.21. The van der Waals surface area contributed by atoms with Crippen LogP contribution >= 0.6 is 11.8 Å². The lowest BCUT2D eigenvalue weighted by Gasteiger charge is -2.23. The van der Waals surface area contributed by atoms with E-state index in [2.05, 4.69) is 5.32 Å². The van der Waals surface area contributed by atoms with E-state index in [0.717, 1.165) is 10.6 Å². The molecule has 0 saturated heterocycles. The molecule has 0 fully saturated rings. The molecule has 0 saturated carbocycles. The number of hydrogen-bond donors (Lipinski definition) is 2. The standard InChI is InChI=1S/C11H13N3O2S/c1-6-10(15)13-8-5-7(14(2)11(12)16)3-4-9(8)17-6/h3-6H,1-2H3,(H2,12,16)(H,13,15). The zero-order chi connectivity index (χ0) is 12.6. The second-order valence-electron chi connectivity index (χ2n) is 3.83. The van der Waals surface area contributed by atoms with Crippen molar-refractivity contribution in [3.8, 4) is 0 Å². The Kier molecular flexibility index (Phi) is 2.97. The van der Waals surface area contributed by atoms with Crippen LogP contribution in [0.4, 0.5) is 16.2 Å². The maximum Gasteiger partial charge on any atom is 0.318 e. The number of carbonyl (C=O) groups is 2. The van der Waals surface area contributed by atoms with Crippen LogP contribution in [-0.2, 0) is 4.79 Å². The van der Waals surface area contributed by atoms with Gasteiger partial charge in [-0.25, -0.2) is 4.79 Å². The molecule has 0 bridgehead atoms. The molecule has 2 rings (SSSR count). The van der Waals surface area contributed by atoms with Gasteiger partial charge in [-0.3, -0.25) is 9.69 Å². The fourth-order valence-electron chi connectivity index (χ4n) is 1.53. The van der Waals surface area contributed by atoms with Gasteiger partial charge in [-0.05, 0) is 25.1 Å². The Labute approximate surface area is 103 Å². The van der Waals surface area contributed by atoms with Gasteiger partial charge in [-0.2, -0.15) is 0 Å². The molecule has 1 aromatic carbocycles. The van der Waals surface area contributed by atoms with Gasteiger partial charge in [0.2, 0.25) is 5.91 Å². The minimum atomic E-state index is -0.534. The normalized spacial score (nSPS) is 18.2. The summed E-state index contributed by atoms with van der Waals surface area (Å²) in [7, 11) is 1.59. The maximum atomic E-state index is 11.5. The molecule has 1 aliphatic rings. The molecule has 3 N–H and O–H groups in total. The van der Waals surface area contributed by atoms with Crippen LogP contribution in [0.3, 0.4) is 0 Å². The van der Waals surface area contributed by atoms with Crippen LogP contribution in [0.15, 0.2) is 23.1 Å². The average Bonchev–Trinajstić information content (AvgIpc) is 2.29. The van der Waals surface area contributed by atoms with Crippen molar-refractivity contribution in [2.75, 3.05) is 17.3 Å². The van der Waals surface area contributed by atoms with E-state index in [4.69, 9.17) is 5.73 Å². The Morgan fingerprint density at radius 1 is 1.53 bits per heavy atom. The van der Waals surface area contributed by atoms with E-state index in [-0.39, 0.29) is 11.2 Å². The number of rotatable bonds is 1. The summed E-state index contributed by atoms with van der Waals surface area (Å²) in [6.07, 6.45) is 0. The second kappa shape index (κ2) is 4.29. The first-order chi connectivity index (χ1) is 7.99. The minimum absolute atomic E-state index is 0.0265. The predicted molar refractivity (Wildman–Crippen MR) is 68.4 cm³/mol. The van der Waals surface area contributed by atoms with Gasteiger partial charge in [-0.1, -0.05) is 0 Å². The summed E-state index contributed by atoms with van der Waals surface area (Å²) in [5.41, 5.74) is 6.57. The van der Waals surface area contributed by atoms with Crippen molar-refractivity contribution in [2.24, 2.45) is 5.73 Å². The number of amides is 3. The van der Waals surface area contributed by atoms with Crippen LogP contribution in [0.1, 0.15) is 6.92 Å². The topological polar surface area (TPSA) is 75.4 Å². The third-order valence-corrected chi connectivity index (χ3v) is 3.79. The van der Waals surface area contributed by atoms with Crippen molar-refractivity contribution in [3.05, 3.63) is 18.2 Å².